The van der Waals surface area contributed by atoms with Crippen LogP contribution >= 0.6 is 0 Å². The number of hydrogen-bond donors (Lipinski definition) is 2. The molecule has 1 aliphatic heterocycles. The van der Waals surface area contributed by atoms with Crippen LogP contribution in [0.5, 0.6) is 0 Å². The lowest BCUT2D eigenvalue weighted by atomic mass is 9.88. The third kappa shape index (κ3) is 2.58. The second-order valence-electron chi connectivity index (χ2n) is 4.44. The Bertz CT molecular complexity index is 423. The van der Waals surface area contributed by atoms with Crippen molar-refractivity contribution in [1.82, 2.24) is 0 Å². The molecule has 0 atom stereocenters. The summed E-state index contributed by atoms with van der Waals surface area (Å²) < 4.78 is 5.37. The highest BCUT2D eigenvalue weighted by molar-refractivity contribution is 5.97. The minimum atomic E-state index is 0.159. The Morgan fingerprint density at radius 2 is 2.12 bits per heavy atom. The van der Waals surface area contributed by atoms with E-state index < -0.39 is 0 Å². The van der Waals surface area contributed by atoms with Crippen LogP contribution in [0.2, 0.25) is 0 Å². The van der Waals surface area contributed by atoms with Crippen molar-refractivity contribution in [3.05, 3.63) is 34.9 Å². The van der Waals surface area contributed by atoms with Crippen molar-refractivity contribution >= 4 is 5.84 Å². The van der Waals surface area contributed by atoms with Crippen LogP contribution in [-0.4, -0.2) is 24.3 Å². The summed E-state index contributed by atoms with van der Waals surface area (Å²) in [5.74, 6) is 0.733. The summed E-state index contributed by atoms with van der Waals surface area (Å²) >= 11 is 0. The predicted octanol–water partition coefficient (Wildman–Crippen LogP) is 1.98. The third-order valence-electron chi connectivity index (χ3n) is 3.33. The lowest BCUT2D eigenvalue weighted by Crippen LogP contribution is -2.16. The Hall–Kier alpha value is -1.55. The molecule has 1 saturated heterocycles. The summed E-state index contributed by atoms with van der Waals surface area (Å²) in [5, 5.41) is 11.7. The van der Waals surface area contributed by atoms with Crippen molar-refractivity contribution < 1.29 is 9.94 Å². The van der Waals surface area contributed by atoms with Gasteiger partial charge in [-0.2, -0.15) is 0 Å². The highest BCUT2D eigenvalue weighted by atomic mass is 16.5. The average Bonchev–Trinajstić information content (AvgIpc) is 2.38. The van der Waals surface area contributed by atoms with E-state index in [1.165, 1.54) is 11.1 Å². The fourth-order valence-corrected chi connectivity index (χ4v) is 2.36. The van der Waals surface area contributed by atoms with Gasteiger partial charge >= 0.3 is 0 Å². The second-order valence-corrected chi connectivity index (χ2v) is 4.44. The Morgan fingerprint density at radius 1 is 1.41 bits per heavy atom. The SMILES string of the molecule is Cc1cc(C(N)=NO)ccc1C1CCOCC1. The number of aryl methyl sites for hydroxylation is 1. The van der Waals surface area contributed by atoms with Crippen LogP contribution < -0.4 is 5.73 Å². The highest BCUT2D eigenvalue weighted by Gasteiger charge is 2.17. The minimum Gasteiger partial charge on any atom is -0.409 e. The Kier molecular flexibility index (Phi) is 3.64. The number of oxime groups is 1. The van der Waals surface area contributed by atoms with Crippen LogP contribution in [0, 0.1) is 6.92 Å². The summed E-state index contributed by atoms with van der Waals surface area (Å²) in [6.45, 7) is 3.75. The summed E-state index contributed by atoms with van der Waals surface area (Å²) in [5.41, 5.74) is 8.88. The van der Waals surface area contributed by atoms with Crippen molar-refractivity contribution in [2.24, 2.45) is 10.9 Å². The molecule has 0 radical (unpaired) electrons. The first-order valence-corrected chi connectivity index (χ1v) is 5.88. The first-order chi connectivity index (χ1) is 8.22. The summed E-state index contributed by atoms with van der Waals surface area (Å²) in [4.78, 5) is 0. The maximum absolute atomic E-state index is 8.64. The van der Waals surface area contributed by atoms with Crippen LogP contribution in [0.15, 0.2) is 23.4 Å². The fourth-order valence-electron chi connectivity index (χ4n) is 2.36. The van der Waals surface area contributed by atoms with Crippen molar-refractivity contribution in [1.29, 1.82) is 0 Å². The van der Waals surface area contributed by atoms with Gasteiger partial charge in [0, 0.05) is 18.8 Å². The fraction of sp³-hybridized carbons (Fsp3) is 0.462. The third-order valence-corrected chi connectivity index (χ3v) is 3.33. The largest absolute Gasteiger partial charge is 0.409 e. The number of nitrogens with two attached hydrogens (primary N) is 1. The molecule has 0 unspecified atom stereocenters. The predicted molar refractivity (Wildman–Crippen MR) is 66.5 cm³/mol. The van der Waals surface area contributed by atoms with Crippen molar-refractivity contribution in [2.75, 3.05) is 13.2 Å². The van der Waals surface area contributed by atoms with Gasteiger partial charge in [-0.25, -0.2) is 0 Å². The molecule has 0 bridgehead atoms. The van der Waals surface area contributed by atoms with E-state index in [4.69, 9.17) is 15.7 Å². The smallest absolute Gasteiger partial charge is 0.170 e. The number of benzene rings is 1. The number of amidine groups is 1. The van der Waals surface area contributed by atoms with Gasteiger partial charge in [-0.3, -0.25) is 0 Å². The van der Waals surface area contributed by atoms with E-state index in [1.807, 2.05) is 12.1 Å². The lowest BCUT2D eigenvalue weighted by molar-refractivity contribution is 0.0852. The van der Waals surface area contributed by atoms with Gasteiger partial charge < -0.3 is 15.7 Å². The number of hydrogen-bond acceptors (Lipinski definition) is 3. The minimum absolute atomic E-state index is 0.159. The molecule has 92 valence electrons. The van der Waals surface area contributed by atoms with Gasteiger partial charge in [0.1, 0.15) is 0 Å². The molecule has 1 aromatic rings. The molecule has 1 fully saturated rings. The van der Waals surface area contributed by atoms with Gasteiger partial charge in [0.2, 0.25) is 0 Å². The molecular weight excluding hydrogens is 216 g/mol. The molecular formula is C13H18N2O2. The van der Waals surface area contributed by atoms with Gasteiger partial charge in [0.05, 0.1) is 0 Å². The maximum Gasteiger partial charge on any atom is 0.170 e. The molecule has 1 heterocycles. The molecule has 0 aromatic heterocycles. The van der Waals surface area contributed by atoms with Gasteiger partial charge in [-0.1, -0.05) is 17.3 Å². The second kappa shape index (κ2) is 5.19. The first kappa shape index (κ1) is 11.9. The highest BCUT2D eigenvalue weighted by Crippen LogP contribution is 2.29. The van der Waals surface area contributed by atoms with Gasteiger partial charge in [-0.15, -0.1) is 0 Å². The van der Waals surface area contributed by atoms with Crippen LogP contribution in [0.25, 0.3) is 0 Å². The van der Waals surface area contributed by atoms with E-state index in [-0.39, 0.29) is 5.84 Å². The van der Waals surface area contributed by atoms with Crippen LogP contribution in [0.4, 0.5) is 0 Å². The van der Waals surface area contributed by atoms with E-state index in [0.717, 1.165) is 31.6 Å². The first-order valence-electron chi connectivity index (χ1n) is 5.88. The zero-order valence-corrected chi connectivity index (χ0v) is 10.0. The monoisotopic (exact) mass is 234 g/mol. The van der Waals surface area contributed by atoms with E-state index >= 15 is 0 Å². The molecule has 0 aliphatic carbocycles. The van der Waals surface area contributed by atoms with Gasteiger partial charge in [-0.05, 0) is 42.9 Å². The Balaban J connectivity index is 2.24. The van der Waals surface area contributed by atoms with Crippen molar-refractivity contribution in [2.45, 2.75) is 25.7 Å². The van der Waals surface area contributed by atoms with E-state index in [9.17, 15) is 0 Å². The molecule has 17 heavy (non-hydrogen) atoms. The molecule has 1 aliphatic rings. The van der Waals surface area contributed by atoms with Gasteiger partial charge in [0.15, 0.2) is 5.84 Å². The van der Waals surface area contributed by atoms with Crippen molar-refractivity contribution in [3.8, 4) is 0 Å². The van der Waals surface area contributed by atoms with Crippen LogP contribution in [-0.2, 0) is 4.74 Å². The standard InChI is InChI=1S/C13H18N2O2/c1-9-8-11(13(14)15-16)2-3-12(9)10-4-6-17-7-5-10/h2-3,8,10,16H,4-7H2,1H3,(H2,14,15). The lowest BCUT2D eigenvalue weighted by Gasteiger charge is -2.24. The zero-order valence-electron chi connectivity index (χ0n) is 10.0. The summed E-state index contributed by atoms with van der Waals surface area (Å²) in [7, 11) is 0. The number of rotatable bonds is 2. The average molecular weight is 234 g/mol. The Labute approximate surface area is 101 Å². The molecule has 3 N–H and O–H groups in total. The molecule has 4 heteroatoms. The quantitative estimate of drug-likeness (QED) is 0.356. The van der Waals surface area contributed by atoms with E-state index in [0.29, 0.717) is 5.92 Å². The van der Waals surface area contributed by atoms with E-state index in [1.54, 1.807) is 0 Å². The topological polar surface area (TPSA) is 67.8 Å². The molecule has 2 rings (SSSR count). The number of nitrogens with zero attached hydrogens (tertiary/aromatic N) is 1. The molecule has 0 spiro atoms. The normalized spacial score (nSPS) is 18.3. The zero-order chi connectivity index (χ0) is 12.3. The molecule has 4 nitrogen and oxygen atoms in total. The summed E-state index contributed by atoms with van der Waals surface area (Å²) in [6.07, 6.45) is 2.15. The van der Waals surface area contributed by atoms with Gasteiger partial charge in [0.25, 0.3) is 0 Å². The molecule has 0 amide bonds. The van der Waals surface area contributed by atoms with Crippen LogP contribution in [0.1, 0.15) is 35.4 Å². The number of ether oxygens (including phenoxy) is 1. The molecule has 1 aromatic carbocycles. The van der Waals surface area contributed by atoms with E-state index in [2.05, 4.69) is 18.1 Å². The van der Waals surface area contributed by atoms with Crippen molar-refractivity contribution in [3.63, 3.8) is 0 Å². The maximum atomic E-state index is 8.64. The molecule has 0 saturated carbocycles. The Morgan fingerprint density at radius 3 is 2.71 bits per heavy atom. The summed E-state index contributed by atoms with van der Waals surface area (Å²) in [6, 6.07) is 5.96. The van der Waals surface area contributed by atoms with Crippen LogP contribution in [0.3, 0.4) is 0 Å².